The van der Waals surface area contributed by atoms with E-state index >= 15 is 0 Å². The highest BCUT2D eigenvalue weighted by atomic mass is 32.2. The van der Waals surface area contributed by atoms with Crippen molar-refractivity contribution in [3.63, 3.8) is 0 Å². The van der Waals surface area contributed by atoms with Crippen LogP contribution >= 0.6 is 0 Å². The van der Waals surface area contributed by atoms with Crippen LogP contribution in [0.2, 0.25) is 0 Å². The molecule has 0 aliphatic carbocycles. The molecule has 16 heavy (non-hydrogen) atoms. The molecule has 0 amide bonds. The zero-order chi connectivity index (χ0) is 12.3. The molecule has 0 fully saturated rings. The second-order valence-electron chi connectivity index (χ2n) is 3.29. The van der Waals surface area contributed by atoms with Crippen LogP contribution in [0.15, 0.2) is 36.9 Å². The minimum atomic E-state index is -3.65. The zero-order valence-electron chi connectivity index (χ0n) is 9.58. The minimum Gasteiger partial charge on any atom is -0.241 e. The van der Waals surface area contributed by atoms with Crippen molar-refractivity contribution in [3.8, 4) is 0 Å². The summed E-state index contributed by atoms with van der Waals surface area (Å²) in [6.07, 6.45) is 5.94. The highest BCUT2D eigenvalue weighted by Gasteiger charge is 2.22. The number of hydrogen-bond acceptors (Lipinski definition) is 3. The highest BCUT2D eigenvalue weighted by molar-refractivity contribution is 7.87. The smallest absolute Gasteiger partial charge is 0.241 e. The second-order valence-corrected chi connectivity index (χ2v) is 4.97. The molecule has 6 heteroatoms. The normalized spacial score (nSPS) is 11.9. The van der Waals surface area contributed by atoms with Gasteiger partial charge in [0.1, 0.15) is 5.82 Å². The van der Waals surface area contributed by atoms with Crippen molar-refractivity contribution in [2.75, 3.05) is 0 Å². The van der Waals surface area contributed by atoms with Crippen LogP contribution in [0, 0.1) is 6.92 Å². The first-order valence-corrected chi connectivity index (χ1v) is 6.14. The van der Waals surface area contributed by atoms with Gasteiger partial charge in [0.2, 0.25) is 0 Å². The summed E-state index contributed by atoms with van der Waals surface area (Å²) in [4.78, 5) is 3.89. The van der Waals surface area contributed by atoms with Gasteiger partial charge in [-0.05, 0) is 20.8 Å². The first-order valence-electron chi connectivity index (χ1n) is 4.74. The van der Waals surface area contributed by atoms with E-state index in [4.69, 9.17) is 0 Å². The van der Waals surface area contributed by atoms with E-state index in [0.29, 0.717) is 11.5 Å². The SMILES string of the molecule is C=C(C)N(/C=C\C)S(=O)(=O)n1ccnc1C. The summed E-state index contributed by atoms with van der Waals surface area (Å²) in [5, 5.41) is 0. The van der Waals surface area contributed by atoms with E-state index in [2.05, 4.69) is 11.6 Å². The molecule has 0 aromatic carbocycles. The van der Waals surface area contributed by atoms with Gasteiger partial charge < -0.3 is 0 Å². The molecule has 0 saturated heterocycles. The molecule has 0 aliphatic rings. The molecule has 0 aliphatic heterocycles. The summed E-state index contributed by atoms with van der Waals surface area (Å²) >= 11 is 0. The molecular formula is C10H15N3O2S. The van der Waals surface area contributed by atoms with Gasteiger partial charge in [-0.2, -0.15) is 8.42 Å². The lowest BCUT2D eigenvalue weighted by Crippen LogP contribution is -2.30. The Kier molecular flexibility index (Phi) is 3.54. The Bertz CT molecular complexity index is 514. The first kappa shape index (κ1) is 12.5. The van der Waals surface area contributed by atoms with E-state index in [0.717, 1.165) is 8.28 Å². The van der Waals surface area contributed by atoms with Crippen molar-refractivity contribution in [2.45, 2.75) is 20.8 Å². The molecule has 1 rings (SSSR count). The lowest BCUT2D eigenvalue weighted by molar-refractivity contribution is 0.530. The van der Waals surface area contributed by atoms with Gasteiger partial charge >= 0.3 is 10.2 Å². The Morgan fingerprint density at radius 1 is 1.62 bits per heavy atom. The second kappa shape index (κ2) is 4.52. The van der Waals surface area contributed by atoms with E-state index in [-0.39, 0.29) is 0 Å². The number of allylic oxidation sites excluding steroid dienone is 2. The van der Waals surface area contributed by atoms with Gasteiger partial charge in [0.15, 0.2) is 0 Å². The van der Waals surface area contributed by atoms with E-state index in [1.54, 1.807) is 26.8 Å². The number of aryl methyl sites for hydroxylation is 1. The van der Waals surface area contributed by atoms with Gasteiger partial charge in [-0.3, -0.25) is 0 Å². The van der Waals surface area contributed by atoms with Crippen LogP contribution < -0.4 is 0 Å². The predicted molar refractivity (Wildman–Crippen MR) is 62.7 cm³/mol. The van der Waals surface area contributed by atoms with E-state index in [9.17, 15) is 8.42 Å². The van der Waals surface area contributed by atoms with Crippen molar-refractivity contribution >= 4 is 10.2 Å². The van der Waals surface area contributed by atoms with E-state index in [1.807, 2.05) is 0 Å². The summed E-state index contributed by atoms with van der Waals surface area (Å²) in [5.74, 6) is 0.413. The maximum atomic E-state index is 12.2. The summed E-state index contributed by atoms with van der Waals surface area (Å²) in [5.41, 5.74) is 0.422. The van der Waals surface area contributed by atoms with Crippen molar-refractivity contribution < 1.29 is 8.42 Å². The molecule has 0 bridgehead atoms. The zero-order valence-corrected chi connectivity index (χ0v) is 10.4. The van der Waals surface area contributed by atoms with Crippen LogP contribution in [0.3, 0.4) is 0 Å². The highest BCUT2D eigenvalue weighted by Crippen LogP contribution is 2.14. The molecule has 1 aromatic rings. The monoisotopic (exact) mass is 241 g/mol. The average molecular weight is 241 g/mol. The van der Waals surface area contributed by atoms with Gasteiger partial charge in [-0.25, -0.2) is 13.3 Å². The van der Waals surface area contributed by atoms with E-state index < -0.39 is 10.2 Å². The molecule has 1 aromatic heterocycles. The van der Waals surface area contributed by atoms with Gasteiger partial charge in [0.25, 0.3) is 0 Å². The molecule has 5 nitrogen and oxygen atoms in total. The average Bonchev–Trinajstić information content (AvgIpc) is 2.60. The van der Waals surface area contributed by atoms with Crippen molar-refractivity contribution in [3.05, 3.63) is 42.8 Å². The van der Waals surface area contributed by atoms with E-state index in [1.165, 1.54) is 18.6 Å². The summed E-state index contributed by atoms with van der Waals surface area (Å²) in [6, 6.07) is 0. The largest absolute Gasteiger partial charge is 0.334 e. The minimum absolute atomic E-state index is 0.413. The number of aromatic nitrogens is 2. The van der Waals surface area contributed by atoms with Gasteiger partial charge in [0, 0.05) is 24.3 Å². The van der Waals surface area contributed by atoms with Crippen LogP contribution in [-0.2, 0) is 10.2 Å². The van der Waals surface area contributed by atoms with Gasteiger partial charge in [-0.15, -0.1) is 0 Å². The third-order valence-corrected chi connectivity index (χ3v) is 3.75. The molecule has 0 spiro atoms. The third-order valence-electron chi connectivity index (χ3n) is 1.94. The Labute approximate surface area is 95.9 Å². The summed E-state index contributed by atoms with van der Waals surface area (Å²) in [6.45, 7) is 8.64. The molecule has 0 unspecified atom stereocenters. The maximum Gasteiger partial charge on any atom is 0.334 e. The van der Waals surface area contributed by atoms with Crippen LogP contribution in [0.25, 0.3) is 0 Å². The van der Waals surface area contributed by atoms with Gasteiger partial charge in [0.05, 0.1) is 0 Å². The van der Waals surface area contributed by atoms with Crippen LogP contribution in [0.1, 0.15) is 19.7 Å². The van der Waals surface area contributed by atoms with Crippen LogP contribution in [-0.4, -0.2) is 21.7 Å². The van der Waals surface area contributed by atoms with Gasteiger partial charge in [-0.1, -0.05) is 12.7 Å². The molecule has 0 atom stereocenters. The number of rotatable bonds is 4. The summed E-state index contributed by atoms with van der Waals surface area (Å²) < 4.78 is 26.6. The molecule has 1 heterocycles. The first-order chi connectivity index (χ1) is 7.41. The van der Waals surface area contributed by atoms with Crippen molar-refractivity contribution in [2.24, 2.45) is 0 Å². The molecule has 88 valence electrons. The lowest BCUT2D eigenvalue weighted by atomic mass is 10.5. The van der Waals surface area contributed by atoms with Crippen LogP contribution in [0.4, 0.5) is 0 Å². The maximum absolute atomic E-state index is 12.2. The van der Waals surface area contributed by atoms with Crippen molar-refractivity contribution in [1.82, 2.24) is 13.3 Å². The Hall–Kier alpha value is -1.56. The number of imidazole rings is 1. The quantitative estimate of drug-likeness (QED) is 0.805. The standard InChI is InChI=1S/C10H15N3O2S/c1-5-7-12(9(2)3)16(14,15)13-8-6-11-10(13)4/h5-8H,2H2,1,3-4H3/b7-5-. The topological polar surface area (TPSA) is 55.2 Å². The summed E-state index contributed by atoms with van der Waals surface area (Å²) in [7, 11) is -3.65. The Balaban J connectivity index is 3.30. The Morgan fingerprint density at radius 3 is 2.62 bits per heavy atom. The number of nitrogens with zero attached hydrogens (tertiary/aromatic N) is 3. The van der Waals surface area contributed by atoms with Crippen molar-refractivity contribution in [1.29, 1.82) is 0 Å². The Morgan fingerprint density at radius 2 is 2.25 bits per heavy atom. The lowest BCUT2D eigenvalue weighted by Gasteiger charge is -2.20. The fourth-order valence-corrected chi connectivity index (χ4v) is 2.69. The predicted octanol–water partition coefficient (Wildman–Crippen LogP) is 1.65. The van der Waals surface area contributed by atoms with Crippen LogP contribution in [0.5, 0.6) is 0 Å². The molecule has 0 radical (unpaired) electrons. The molecule has 0 N–H and O–H groups in total. The number of hydrogen-bond donors (Lipinski definition) is 0. The third kappa shape index (κ3) is 2.16. The fourth-order valence-electron chi connectivity index (χ4n) is 1.24. The fraction of sp³-hybridized carbons (Fsp3) is 0.300. The molecular weight excluding hydrogens is 226 g/mol. The molecule has 0 saturated carbocycles.